The van der Waals surface area contributed by atoms with Crippen molar-refractivity contribution in [3.05, 3.63) is 39.2 Å². The van der Waals surface area contributed by atoms with E-state index in [0.29, 0.717) is 11.4 Å². The Morgan fingerprint density at radius 2 is 1.91 bits per heavy atom. The summed E-state index contributed by atoms with van der Waals surface area (Å²) in [5.74, 6) is -0.161. The van der Waals surface area contributed by atoms with Gasteiger partial charge in [0.25, 0.3) is 5.91 Å². The maximum Gasteiger partial charge on any atom is 0.286 e. The van der Waals surface area contributed by atoms with Crippen molar-refractivity contribution in [3.63, 3.8) is 0 Å². The number of carbonyl (C=O) groups is 1. The Bertz CT molecular complexity index is 637. The lowest BCUT2D eigenvalue weighted by Gasteiger charge is -2.34. The van der Waals surface area contributed by atoms with E-state index in [9.17, 15) is 4.79 Å². The molecule has 0 spiro atoms. The number of benzene rings is 1. The third-order valence-corrected chi connectivity index (χ3v) is 5.41. The van der Waals surface area contributed by atoms with Crippen molar-refractivity contribution in [2.75, 3.05) is 39.3 Å². The first kappa shape index (κ1) is 16.7. The second-order valence-electron chi connectivity index (χ2n) is 5.41. The Morgan fingerprint density at radius 3 is 2.57 bits per heavy atom. The summed E-state index contributed by atoms with van der Waals surface area (Å²) in [4.78, 5) is 21.3. The first-order valence-corrected chi connectivity index (χ1v) is 9.13. The Kier molecular flexibility index (Phi) is 5.53. The molecular formula is C16H18BrN3O2S. The third kappa shape index (κ3) is 4.23. The summed E-state index contributed by atoms with van der Waals surface area (Å²) in [6.45, 7) is 4.35. The lowest BCUT2D eigenvalue weighted by atomic mass is 10.2. The van der Waals surface area contributed by atoms with Gasteiger partial charge in [-0.2, -0.15) is 4.99 Å². The zero-order chi connectivity index (χ0) is 16.2. The van der Waals surface area contributed by atoms with E-state index in [2.05, 4.69) is 30.7 Å². The third-order valence-electron chi connectivity index (χ3n) is 3.84. The van der Waals surface area contributed by atoms with Gasteiger partial charge < -0.3 is 10.0 Å². The molecule has 1 N–H and O–H groups in total. The van der Waals surface area contributed by atoms with Crippen molar-refractivity contribution in [1.29, 1.82) is 0 Å². The van der Waals surface area contributed by atoms with Crippen LogP contribution in [-0.2, 0) is 4.79 Å². The SMILES string of the molecule is O=C1N=C(N2CCN(CCO)CC2)S/C1=C/c1ccc(Br)cc1. The highest BCUT2D eigenvalue weighted by Gasteiger charge is 2.28. The van der Waals surface area contributed by atoms with E-state index >= 15 is 0 Å². The molecule has 122 valence electrons. The zero-order valence-corrected chi connectivity index (χ0v) is 15.0. The van der Waals surface area contributed by atoms with Crippen molar-refractivity contribution in [1.82, 2.24) is 9.80 Å². The maximum absolute atomic E-state index is 12.1. The normalized spacial score (nSPS) is 21.1. The van der Waals surface area contributed by atoms with Gasteiger partial charge in [0.05, 0.1) is 11.5 Å². The molecule has 0 aliphatic carbocycles. The van der Waals surface area contributed by atoms with Gasteiger partial charge in [0.15, 0.2) is 5.17 Å². The van der Waals surface area contributed by atoms with Gasteiger partial charge in [-0.05, 0) is 35.5 Å². The van der Waals surface area contributed by atoms with Gasteiger partial charge in [0.2, 0.25) is 0 Å². The van der Waals surface area contributed by atoms with Crippen LogP contribution in [0.5, 0.6) is 0 Å². The number of β-amino-alcohol motifs (C(OH)–C–C–N with tert-alkyl or cyclic N) is 1. The highest BCUT2D eigenvalue weighted by Crippen LogP contribution is 2.30. The van der Waals surface area contributed by atoms with Gasteiger partial charge in [-0.25, -0.2) is 0 Å². The van der Waals surface area contributed by atoms with Gasteiger partial charge in [-0.15, -0.1) is 0 Å². The number of aliphatic hydroxyl groups excluding tert-OH is 1. The number of carbonyl (C=O) groups excluding carboxylic acids is 1. The number of amidine groups is 1. The summed E-state index contributed by atoms with van der Waals surface area (Å²) in [7, 11) is 0. The van der Waals surface area contributed by atoms with Crippen molar-refractivity contribution in [2.45, 2.75) is 0 Å². The number of hydrogen-bond acceptors (Lipinski definition) is 5. The summed E-state index contributed by atoms with van der Waals surface area (Å²) in [6.07, 6.45) is 1.89. The van der Waals surface area contributed by atoms with Crippen LogP contribution >= 0.6 is 27.7 Å². The highest BCUT2D eigenvalue weighted by molar-refractivity contribution is 9.10. The quantitative estimate of drug-likeness (QED) is 0.793. The van der Waals surface area contributed by atoms with Crippen molar-refractivity contribution in [2.24, 2.45) is 4.99 Å². The van der Waals surface area contributed by atoms with Crippen LogP contribution < -0.4 is 0 Å². The van der Waals surface area contributed by atoms with Gasteiger partial charge in [-0.3, -0.25) is 9.69 Å². The van der Waals surface area contributed by atoms with Crippen LogP contribution in [-0.4, -0.2) is 65.3 Å². The number of hydrogen-bond donors (Lipinski definition) is 1. The number of thioether (sulfide) groups is 1. The first-order chi connectivity index (χ1) is 11.2. The minimum Gasteiger partial charge on any atom is -0.395 e. The predicted octanol–water partition coefficient (Wildman–Crippen LogP) is 2.03. The van der Waals surface area contributed by atoms with Crippen LogP contribution in [0.3, 0.4) is 0 Å². The van der Waals surface area contributed by atoms with Crippen molar-refractivity contribution < 1.29 is 9.90 Å². The maximum atomic E-state index is 12.1. The molecule has 1 aromatic carbocycles. The van der Waals surface area contributed by atoms with Crippen LogP contribution in [0, 0.1) is 0 Å². The van der Waals surface area contributed by atoms with Gasteiger partial charge in [0.1, 0.15) is 0 Å². The molecule has 5 nitrogen and oxygen atoms in total. The Labute approximate surface area is 148 Å². The van der Waals surface area contributed by atoms with E-state index in [-0.39, 0.29) is 12.5 Å². The molecule has 0 bridgehead atoms. The Balaban J connectivity index is 1.63. The minimum absolute atomic E-state index is 0.161. The van der Waals surface area contributed by atoms with Crippen LogP contribution in [0.25, 0.3) is 6.08 Å². The van der Waals surface area contributed by atoms with E-state index in [4.69, 9.17) is 5.11 Å². The number of piperazine rings is 1. The molecule has 23 heavy (non-hydrogen) atoms. The van der Waals surface area contributed by atoms with Crippen molar-refractivity contribution >= 4 is 44.8 Å². The molecule has 0 atom stereocenters. The Morgan fingerprint density at radius 1 is 1.22 bits per heavy atom. The van der Waals surface area contributed by atoms with E-state index in [1.165, 1.54) is 11.8 Å². The van der Waals surface area contributed by atoms with Gasteiger partial charge >= 0.3 is 0 Å². The Hall–Kier alpha value is -1.15. The average molecular weight is 396 g/mol. The summed E-state index contributed by atoms with van der Waals surface area (Å²) in [5.41, 5.74) is 0.994. The molecule has 0 aromatic heterocycles. The number of rotatable bonds is 3. The summed E-state index contributed by atoms with van der Waals surface area (Å²) >= 11 is 4.85. The fourth-order valence-electron chi connectivity index (χ4n) is 2.55. The molecule has 2 aliphatic rings. The smallest absolute Gasteiger partial charge is 0.286 e. The van der Waals surface area contributed by atoms with Crippen LogP contribution in [0.15, 0.2) is 38.6 Å². The van der Waals surface area contributed by atoms with Gasteiger partial charge in [-0.1, -0.05) is 28.1 Å². The molecule has 2 heterocycles. The lowest BCUT2D eigenvalue weighted by molar-refractivity contribution is -0.113. The molecule has 0 saturated carbocycles. The fraction of sp³-hybridized carbons (Fsp3) is 0.375. The largest absolute Gasteiger partial charge is 0.395 e. The summed E-state index contributed by atoms with van der Waals surface area (Å²) in [6, 6.07) is 7.85. The summed E-state index contributed by atoms with van der Waals surface area (Å²) in [5, 5.41) is 9.78. The van der Waals surface area contributed by atoms with Crippen LogP contribution in [0.1, 0.15) is 5.56 Å². The average Bonchev–Trinajstić information content (AvgIpc) is 2.92. The molecule has 0 unspecified atom stereocenters. The standard InChI is InChI=1S/C16H18BrN3O2S/c17-13-3-1-12(2-4-13)11-14-15(22)18-16(23-14)20-7-5-19(6-8-20)9-10-21/h1-4,11,21H,5-10H2/b14-11+. The molecule has 1 fully saturated rings. The number of halogens is 1. The number of aliphatic hydroxyl groups is 1. The van der Waals surface area contributed by atoms with E-state index in [1.54, 1.807) is 0 Å². The topological polar surface area (TPSA) is 56.1 Å². The van der Waals surface area contributed by atoms with Crippen LogP contribution in [0.2, 0.25) is 0 Å². The first-order valence-electron chi connectivity index (χ1n) is 7.52. The molecule has 1 saturated heterocycles. The van der Waals surface area contributed by atoms with Gasteiger partial charge in [0, 0.05) is 37.2 Å². The fourth-order valence-corrected chi connectivity index (χ4v) is 3.78. The molecule has 2 aliphatic heterocycles. The number of aliphatic imine (C=N–C) groups is 1. The van der Waals surface area contributed by atoms with E-state index in [1.807, 2.05) is 30.3 Å². The predicted molar refractivity (Wildman–Crippen MR) is 97.3 cm³/mol. The monoisotopic (exact) mass is 395 g/mol. The molecule has 3 rings (SSSR count). The van der Waals surface area contributed by atoms with Crippen molar-refractivity contribution in [3.8, 4) is 0 Å². The molecular weight excluding hydrogens is 378 g/mol. The highest BCUT2D eigenvalue weighted by atomic mass is 79.9. The number of nitrogens with zero attached hydrogens (tertiary/aromatic N) is 3. The second kappa shape index (κ2) is 7.61. The molecule has 1 aromatic rings. The molecule has 1 amide bonds. The number of amides is 1. The molecule has 7 heteroatoms. The molecule has 0 radical (unpaired) electrons. The zero-order valence-electron chi connectivity index (χ0n) is 12.6. The van der Waals surface area contributed by atoms with Crippen LogP contribution in [0.4, 0.5) is 0 Å². The lowest BCUT2D eigenvalue weighted by Crippen LogP contribution is -2.48. The second-order valence-corrected chi connectivity index (χ2v) is 7.34. The minimum atomic E-state index is -0.161. The van der Waals surface area contributed by atoms with E-state index in [0.717, 1.165) is 41.4 Å². The summed E-state index contributed by atoms with van der Waals surface area (Å²) < 4.78 is 1.02. The van der Waals surface area contributed by atoms with E-state index < -0.39 is 0 Å².